The molecule has 5 nitrogen and oxygen atoms in total. The predicted molar refractivity (Wildman–Crippen MR) is 84.7 cm³/mol. The van der Waals surface area contributed by atoms with Crippen LogP contribution < -0.4 is 4.90 Å². The lowest BCUT2D eigenvalue weighted by molar-refractivity contribution is 0.0755. The van der Waals surface area contributed by atoms with Crippen LogP contribution in [0.5, 0.6) is 0 Å². The summed E-state index contributed by atoms with van der Waals surface area (Å²) in [6, 6.07) is 1.84. The molecule has 116 valence electrons. The van der Waals surface area contributed by atoms with E-state index in [1.165, 1.54) is 12.8 Å². The highest BCUT2D eigenvalue weighted by molar-refractivity contribution is 5.93. The van der Waals surface area contributed by atoms with Gasteiger partial charge < -0.3 is 9.80 Å². The Kier molecular flexibility index (Phi) is 5.53. The summed E-state index contributed by atoms with van der Waals surface area (Å²) < 4.78 is 0. The normalized spacial score (nSPS) is 15.7. The maximum absolute atomic E-state index is 12.7. The van der Waals surface area contributed by atoms with Crippen LogP contribution in [-0.2, 0) is 0 Å². The van der Waals surface area contributed by atoms with Crippen LogP contribution in [0.2, 0.25) is 0 Å². The fraction of sp³-hybridized carbons (Fsp3) is 0.688. The minimum absolute atomic E-state index is 0.0517. The first-order chi connectivity index (χ1) is 10.2. The Morgan fingerprint density at radius 3 is 2.33 bits per heavy atom. The van der Waals surface area contributed by atoms with Gasteiger partial charge in [0.25, 0.3) is 5.91 Å². The molecule has 21 heavy (non-hydrogen) atoms. The van der Waals surface area contributed by atoms with Gasteiger partial charge in [0.05, 0.1) is 0 Å². The van der Waals surface area contributed by atoms with Gasteiger partial charge in [0.2, 0.25) is 0 Å². The molecule has 0 unspecified atom stereocenters. The molecule has 5 heteroatoms. The van der Waals surface area contributed by atoms with E-state index in [1.54, 1.807) is 0 Å². The van der Waals surface area contributed by atoms with E-state index in [2.05, 4.69) is 28.7 Å². The van der Waals surface area contributed by atoms with Crippen molar-refractivity contribution in [2.45, 2.75) is 46.5 Å². The first-order valence-electron chi connectivity index (χ1n) is 8.05. The first kappa shape index (κ1) is 15.7. The largest absolute Gasteiger partial charge is 0.357 e. The summed E-state index contributed by atoms with van der Waals surface area (Å²) in [4.78, 5) is 25.6. The Balaban J connectivity index is 2.23. The molecule has 0 bridgehead atoms. The van der Waals surface area contributed by atoms with Crippen molar-refractivity contribution in [1.82, 2.24) is 14.9 Å². The summed E-state index contributed by atoms with van der Waals surface area (Å²) >= 11 is 0. The van der Waals surface area contributed by atoms with E-state index in [1.807, 2.05) is 17.9 Å². The van der Waals surface area contributed by atoms with E-state index in [-0.39, 0.29) is 5.91 Å². The predicted octanol–water partition coefficient (Wildman–Crippen LogP) is 2.65. The van der Waals surface area contributed by atoms with Gasteiger partial charge >= 0.3 is 0 Å². The number of anilines is 1. The number of likely N-dealkylation sites (tertiary alicyclic amines) is 1. The molecule has 0 N–H and O–H groups in total. The Labute approximate surface area is 127 Å². The molecule has 0 radical (unpaired) electrons. The minimum atomic E-state index is 0.0517. The van der Waals surface area contributed by atoms with Crippen molar-refractivity contribution in [3.8, 4) is 0 Å². The van der Waals surface area contributed by atoms with Crippen molar-refractivity contribution < 1.29 is 4.79 Å². The summed E-state index contributed by atoms with van der Waals surface area (Å²) in [5, 5.41) is 0. The molecule has 1 fully saturated rings. The lowest BCUT2D eigenvalue weighted by Gasteiger charge is -2.23. The van der Waals surface area contributed by atoms with Crippen molar-refractivity contribution in [2.75, 3.05) is 31.1 Å². The molecule has 0 saturated carbocycles. The van der Waals surface area contributed by atoms with Gasteiger partial charge in [-0.25, -0.2) is 9.97 Å². The molecule has 1 aromatic heterocycles. The van der Waals surface area contributed by atoms with Crippen molar-refractivity contribution in [2.24, 2.45) is 0 Å². The van der Waals surface area contributed by atoms with Crippen LogP contribution in [0.25, 0.3) is 0 Å². The molecule has 1 amide bonds. The first-order valence-corrected chi connectivity index (χ1v) is 8.05. The number of carbonyl (C=O) groups is 1. The van der Waals surface area contributed by atoms with E-state index in [4.69, 9.17) is 0 Å². The van der Waals surface area contributed by atoms with Crippen molar-refractivity contribution in [3.63, 3.8) is 0 Å². The molecule has 0 aromatic carbocycles. The molecule has 1 aliphatic heterocycles. The number of aromatic nitrogens is 2. The second-order valence-electron chi connectivity index (χ2n) is 5.54. The zero-order valence-electron chi connectivity index (χ0n) is 13.4. The fourth-order valence-corrected chi connectivity index (χ4v) is 2.81. The van der Waals surface area contributed by atoms with Crippen LogP contribution in [-0.4, -0.2) is 47.0 Å². The molecule has 1 aromatic rings. The van der Waals surface area contributed by atoms with Gasteiger partial charge in [-0.2, -0.15) is 0 Å². The molecule has 1 aliphatic rings. The molecule has 0 spiro atoms. The summed E-state index contributed by atoms with van der Waals surface area (Å²) in [7, 11) is 0. The molecule has 0 atom stereocenters. The van der Waals surface area contributed by atoms with Gasteiger partial charge in [-0.15, -0.1) is 0 Å². The number of hydrogen-bond acceptors (Lipinski definition) is 4. The number of hydrogen-bond donors (Lipinski definition) is 0. The average molecular weight is 290 g/mol. The van der Waals surface area contributed by atoms with E-state index in [0.29, 0.717) is 11.5 Å². The number of carbonyl (C=O) groups excluding carboxylic acids is 1. The summed E-state index contributed by atoms with van der Waals surface area (Å²) in [5.41, 5.74) is 0.534. The lowest BCUT2D eigenvalue weighted by Crippen LogP contribution is -2.33. The second kappa shape index (κ2) is 7.38. The Bertz CT molecular complexity index is 477. The van der Waals surface area contributed by atoms with Gasteiger partial charge in [0.15, 0.2) is 0 Å². The third-order valence-electron chi connectivity index (χ3n) is 4.02. The molecule has 0 aliphatic carbocycles. The lowest BCUT2D eigenvalue weighted by atomic mass is 10.2. The third-order valence-corrected chi connectivity index (χ3v) is 4.02. The average Bonchev–Trinajstić information content (AvgIpc) is 2.76. The Morgan fingerprint density at radius 1 is 1.14 bits per heavy atom. The molecule has 2 rings (SSSR count). The van der Waals surface area contributed by atoms with Gasteiger partial charge in [-0.3, -0.25) is 4.79 Å². The molecular weight excluding hydrogens is 264 g/mol. The maximum Gasteiger partial charge on any atom is 0.272 e. The van der Waals surface area contributed by atoms with Gasteiger partial charge in [0, 0.05) is 32.2 Å². The van der Waals surface area contributed by atoms with Crippen LogP contribution in [0.4, 0.5) is 5.82 Å². The number of nitrogens with zero attached hydrogens (tertiary/aromatic N) is 4. The Hall–Kier alpha value is -1.65. The summed E-state index contributed by atoms with van der Waals surface area (Å²) in [5.74, 6) is 1.57. The number of rotatable bonds is 4. The second-order valence-corrected chi connectivity index (χ2v) is 5.54. The highest BCUT2D eigenvalue weighted by Crippen LogP contribution is 2.16. The zero-order valence-corrected chi connectivity index (χ0v) is 13.4. The van der Waals surface area contributed by atoms with Gasteiger partial charge in [0.1, 0.15) is 17.3 Å². The third kappa shape index (κ3) is 3.93. The summed E-state index contributed by atoms with van der Waals surface area (Å²) in [6.45, 7) is 9.50. The van der Waals surface area contributed by atoms with Crippen molar-refractivity contribution >= 4 is 11.7 Å². The summed E-state index contributed by atoms with van der Waals surface area (Å²) in [6.07, 6.45) is 4.63. The monoisotopic (exact) mass is 290 g/mol. The highest BCUT2D eigenvalue weighted by atomic mass is 16.2. The van der Waals surface area contributed by atoms with E-state index in [9.17, 15) is 4.79 Å². The number of amides is 1. The highest BCUT2D eigenvalue weighted by Gasteiger charge is 2.20. The zero-order chi connectivity index (χ0) is 15.2. The van der Waals surface area contributed by atoms with Gasteiger partial charge in [-0.1, -0.05) is 12.8 Å². The van der Waals surface area contributed by atoms with Crippen LogP contribution in [0.1, 0.15) is 55.8 Å². The van der Waals surface area contributed by atoms with Crippen molar-refractivity contribution in [3.05, 3.63) is 17.6 Å². The van der Waals surface area contributed by atoms with Crippen LogP contribution in [0, 0.1) is 6.92 Å². The maximum atomic E-state index is 12.7. The van der Waals surface area contributed by atoms with Crippen molar-refractivity contribution in [1.29, 1.82) is 0 Å². The van der Waals surface area contributed by atoms with Gasteiger partial charge in [-0.05, 0) is 33.6 Å². The smallest absolute Gasteiger partial charge is 0.272 e. The fourth-order valence-electron chi connectivity index (χ4n) is 2.81. The molecule has 2 heterocycles. The van der Waals surface area contributed by atoms with Crippen LogP contribution in [0.3, 0.4) is 0 Å². The topological polar surface area (TPSA) is 49.3 Å². The van der Waals surface area contributed by atoms with Crippen LogP contribution in [0.15, 0.2) is 6.07 Å². The van der Waals surface area contributed by atoms with Crippen LogP contribution >= 0.6 is 0 Å². The van der Waals surface area contributed by atoms with E-state index in [0.717, 1.165) is 44.8 Å². The quantitative estimate of drug-likeness (QED) is 0.855. The van der Waals surface area contributed by atoms with E-state index >= 15 is 0 Å². The SMILES string of the molecule is CCN(CC)c1cc(C(=O)N2CCCCCC2)nc(C)n1. The van der Waals surface area contributed by atoms with E-state index < -0.39 is 0 Å². The molecule has 1 saturated heterocycles. The minimum Gasteiger partial charge on any atom is -0.357 e. The molecular formula is C16H26N4O. The Morgan fingerprint density at radius 2 is 1.76 bits per heavy atom. The number of aryl methyl sites for hydroxylation is 1. The standard InChI is InChI=1S/C16H26N4O/c1-4-19(5-2)15-12-14(17-13(3)18-15)16(21)20-10-8-6-7-9-11-20/h12H,4-11H2,1-3H3.